The fourth-order valence-corrected chi connectivity index (χ4v) is 5.70. The number of nitrogens with one attached hydrogen (secondary N) is 3. The zero-order valence-corrected chi connectivity index (χ0v) is 19.4. The van der Waals surface area contributed by atoms with Gasteiger partial charge in [0.1, 0.15) is 7.14 Å². The number of thiophene rings is 1. The van der Waals surface area contributed by atoms with Crippen LogP contribution < -0.4 is 21.3 Å². The third-order valence-electron chi connectivity index (χ3n) is 5.30. The summed E-state index contributed by atoms with van der Waals surface area (Å²) in [5, 5.41) is 12.3. The highest BCUT2D eigenvalue weighted by Gasteiger charge is 2.18. The second kappa shape index (κ2) is 8.04. The van der Waals surface area contributed by atoms with Crippen molar-refractivity contribution in [2.24, 2.45) is 0 Å². The van der Waals surface area contributed by atoms with Crippen molar-refractivity contribution in [1.29, 1.82) is 0 Å². The van der Waals surface area contributed by atoms with Crippen LogP contribution in [-0.4, -0.2) is 29.2 Å². The van der Waals surface area contributed by atoms with Crippen molar-refractivity contribution >= 4 is 68.7 Å². The van der Waals surface area contributed by atoms with Crippen molar-refractivity contribution in [1.82, 2.24) is 9.97 Å². The van der Waals surface area contributed by atoms with Gasteiger partial charge in [0, 0.05) is 23.1 Å². The molecule has 0 fully saturated rings. The zero-order chi connectivity index (χ0) is 22.3. The second-order valence-electron chi connectivity index (χ2n) is 8.07. The number of hydrogen-bond donors (Lipinski definition) is 3. The summed E-state index contributed by atoms with van der Waals surface area (Å²) >= 11 is 1.56. The number of fused-ring (bicyclic) bond motifs is 2. The van der Waals surface area contributed by atoms with Gasteiger partial charge in [0.2, 0.25) is 11.9 Å². The van der Waals surface area contributed by atoms with E-state index in [9.17, 15) is 9.36 Å². The van der Waals surface area contributed by atoms with Gasteiger partial charge in [-0.1, -0.05) is 12.1 Å². The predicted molar refractivity (Wildman–Crippen MR) is 133 cm³/mol. The molecule has 0 radical (unpaired) electrons. The zero-order valence-electron chi connectivity index (χ0n) is 17.7. The minimum Gasteiger partial charge on any atom is -0.338 e. The first-order valence-electron chi connectivity index (χ1n) is 10.2. The summed E-state index contributed by atoms with van der Waals surface area (Å²) in [7, 11) is -2.47. The highest BCUT2D eigenvalue weighted by atomic mass is 32.1. The molecule has 0 saturated heterocycles. The van der Waals surface area contributed by atoms with Crippen LogP contribution in [0.4, 0.5) is 28.8 Å². The molecule has 5 rings (SSSR count). The van der Waals surface area contributed by atoms with E-state index in [1.165, 1.54) is 0 Å². The van der Waals surface area contributed by atoms with Crippen molar-refractivity contribution < 1.29 is 9.36 Å². The maximum Gasteiger partial charge on any atom is 0.229 e. The number of carbonyl (C=O) groups excluding carboxylic acids is 1. The molecule has 3 N–H and O–H groups in total. The molecule has 1 aliphatic heterocycles. The van der Waals surface area contributed by atoms with Crippen molar-refractivity contribution in [3.8, 4) is 0 Å². The molecule has 2 aromatic carbocycles. The molecule has 9 heteroatoms. The molecular weight excluding hydrogens is 441 g/mol. The Morgan fingerprint density at radius 3 is 2.72 bits per heavy atom. The van der Waals surface area contributed by atoms with E-state index in [1.807, 2.05) is 53.9 Å². The molecule has 1 aliphatic rings. The van der Waals surface area contributed by atoms with Crippen LogP contribution in [-0.2, 0) is 15.8 Å². The van der Waals surface area contributed by atoms with Gasteiger partial charge in [0.25, 0.3) is 0 Å². The van der Waals surface area contributed by atoms with E-state index in [4.69, 9.17) is 4.98 Å². The molecule has 0 spiro atoms. The lowest BCUT2D eigenvalue weighted by atomic mass is 10.0. The van der Waals surface area contributed by atoms with E-state index in [-0.39, 0.29) is 5.91 Å². The maximum absolute atomic E-state index is 12.8. The quantitative estimate of drug-likeness (QED) is 0.347. The van der Waals surface area contributed by atoms with E-state index in [2.05, 4.69) is 20.9 Å². The molecular formula is C23H22N5O2PS. The number of rotatable bonds is 5. The maximum atomic E-state index is 12.8. The van der Waals surface area contributed by atoms with E-state index in [0.29, 0.717) is 24.6 Å². The summed E-state index contributed by atoms with van der Waals surface area (Å²) in [6.07, 6.45) is 1.19. The third-order valence-corrected chi connectivity index (χ3v) is 7.76. The molecule has 4 aromatic rings. The number of aryl methyl sites for hydroxylation is 1. The smallest absolute Gasteiger partial charge is 0.229 e. The number of carbonyl (C=O) groups is 1. The monoisotopic (exact) mass is 463 g/mol. The van der Waals surface area contributed by atoms with Crippen LogP contribution in [0.15, 0.2) is 53.9 Å². The first kappa shape index (κ1) is 20.7. The lowest BCUT2D eigenvalue weighted by Crippen LogP contribution is -2.18. The Morgan fingerprint density at radius 2 is 1.88 bits per heavy atom. The van der Waals surface area contributed by atoms with Crippen molar-refractivity contribution in [2.45, 2.75) is 12.8 Å². The number of aromatic nitrogens is 2. The van der Waals surface area contributed by atoms with Gasteiger partial charge in [-0.05, 0) is 67.1 Å². The summed E-state index contributed by atoms with van der Waals surface area (Å²) in [5.74, 6) is 1.18. The summed E-state index contributed by atoms with van der Waals surface area (Å²) in [6, 6.07) is 15.4. The van der Waals surface area contributed by atoms with E-state index >= 15 is 0 Å². The number of anilines is 5. The average molecular weight is 464 g/mol. The van der Waals surface area contributed by atoms with Crippen LogP contribution in [0.25, 0.3) is 10.2 Å². The van der Waals surface area contributed by atoms with Crippen molar-refractivity contribution in [3.05, 3.63) is 59.5 Å². The van der Waals surface area contributed by atoms with Gasteiger partial charge in [-0.2, -0.15) is 4.98 Å². The topological polar surface area (TPSA) is 96.0 Å². The minimum atomic E-state index is -2.47. The third kappa shape index (κ3) is 4.11. The Kier molecular flexibility index (Phi) is 5.19. The Hall–Kier alpha value is -3.22. The molecule has 2 aromatic heterocycles. The van der Waals surface area contributed by atoms with Gasteiger partial charge < -0.3 is 20.5 Å². The van der Waals surface area contributed by atoms with Gasteiger partial charge in [-0.3, -0.25) is 4.79 Å². The molecule has 0 saturated carbocycles. The van der Waals surface area contributed by atoms with E-state index in [1.54, 1.807) is 24.7 Å². The number of para-hydroxylation sites is 1. The molecule has 0 atom stereocenters. The highest BCUT2D eigenvalue weighted by molar-refractivity contribution is 7.70. The molecule has 0 aliphatic carbocycles. The SMILES string of the molecule is CP(C)(=O)c1ccccc1Nc1nc(Nc2ccc3c(c2)CCC(=O)N3)nc2ccsc12. The minimum absolute atomic E-state index is 0.0455. The molecule has 0 bridgehead atoms. The van der Waals surface area contributed by atoms with Crippen LogP contribution in [0.3, 0.4) is 0 Å². The van der Waals surface area contributed by atoms with Gasteiger partial charge >= 0.3 is 0 Å². The molecule has 7 nitrogen and oxygen atoms in total. The molecule has 1 amide bonds. The van der Waals surface area contributed by atoms with Crippen LogP contribution in [0.2, 0.25) is 0 Å². The average Bonchev–Trinajstić information content (AvgIpc) is 3.22. The molecule has 32 heavy (non-hydrogen) atoms. The first-order valence-corrected chi connectivity index (χ1v) is 13.7. The summed E-state index contributed by atoms with van der Waals surface area (Å²) in [5.41, 5.74) is 4.40. The lowest BCUT2D eigenvalue weighted by Gasteiger charge is -2.18. The van der Waals surface area contributed by atoms with Gasteiger partial charge in [0.05, 0.1) is 15.9 Å². The number of hydrogen-bond acceptors (Lipinski definition) is 7. The lowest BCUT2D eigenvalue weighted by molar-refractivity contribution is -0.116. The largest absolute Gasteiger partial charge is 0.338 e. The molecule has 162 valence electrons. The Balaban J connectivity index is 1.50. The van der Waals surface area contributed by atoms with Gasteiger partial charge in [-0.15, -0.1) is 11.3 Å². The van der Waals surface area contributed by atoms with E-state index < -0.39 is 7.14 Å². The van der Waals surface area contributed by atoms with Gasteiger partial charge in [0.15, 0.2) is 5.82 Å². The Labute approximate surface area is 189 Å². The van der Waals surface area contributed by atoms with Crippen LogP contribution in [0.1, 0.15) is 12.0 Å². The first-order chi connectivity index (χ1) is 15.4. The van der Waals surface area contributed by atoms with Crippen molar-refractivity contribution in [2.75, 3.05) is 29.3 Å². The number of nitrogens with zero attached hydrogens (tertiary/aromatic N) is 2. The summed E-state index contributed by atoms with van der Waals surface area (Å²) < 4.78 is 13.7. The van der Waals surface area contributed by atoms with Crippen molar-refractivity contribution in [3.63, 3.8) is 0 Å². The fourth-order valence-electron chi connectivity index (χ4n) is 3.77. The predicted octanol–water partition coefficient (Wildman–Crippen LogP) is 5.31. The molecule has 3 heterocycles. The Morgan fingerprint density at radius 1 is 1.03 bits per heavy atom. The van der Waals surface area contributed by atoms with Crippen LogP contribution >= 0.6 is 18.5 Å². The standard InChI is InChI=1S/C23H22N5O2PS/c1-31(2,30)19-6-4-3-5-17(19)26-22-21-18(11-12-32-21)27-23(28-22)24-15-8-9-16-14(13-15)7-10-20(29)25-16/h3-6,8-9,11-13H,7,10H2,1-2H3,(H,25,29)(H2,24,26,27,28). The fraction of sp³-hybridized carbons (Fsp3) is 0.174. The van der Waals surface area contributed by atoms with Crippen LogP contribution in [0, 0.1) is 0 Å². The second-order valence-corrected chi connectivity index (χ2v) is 12.2. The van der Waals surface area contributed by atoms with Gasteiger partial charge in [-0.25, -0.2) is 4.98 Å². The van der Waals surface area contributed by atoms with Crippen LogP contribution in [0.5, 0.6) is 0 Å². The summed E-state index contributed by atoms with van der Waals surface area (Å²) in [6.45, 7) is 3.53. The number of amides is 1. The highest BCUT2D eigenvalue weighted by Crippen LogP contribution is 2.39. The molecule has 0 unspecified atom stereocenters. The van der Waals surface area contributed by atoms with E-state index in [0.717, 1.165) is 38.1 Å². The summed E-state index contributed by atoms with van der Waals surface area (Å²) in [4.78, 5) is 21.0. The Bertz CT molecular complexity index is 1390. The normalized spacial score (nSPS) is 13.5. The number of benzene rings is 2.